The Bertz CT molecular complexity index is 617. The van der Waals surface area contributed by atoms with Gasteiger partial charge >= 0.3 is 0 Å². The van der Waals surface area contributed by atoms with Crippen LogP contribution in [0.15, 0.2) is 47.3 Å². The van der Waals surface area contributed by atoms with Crippen molar-refractivity contribution in [3.05, 3.63) is 58.4 Å². The summed E-state index contributed by atoms with van der Waals surface area (Å²) in [5, 5.41) is -0.731. The van der Waals surface area contributed by atoms with E-state index in [1.165, 1.54) is 10.6 Å². The third kappa shape index (κ3) is 2.15. The molecule has 0 aliphatic rings. The summed E-state index contributed by atoms with van der Waals surface area (Å²) in [6.07, 6.45) is 0. The molecule has 0 radical (unpaired) electrons. The van der Waals surface area contributed by atoms with Crippen molar-refractivity contribution in [2.24, 2.45) is 7.05 Å². The van der Waals surface area contributed by atoms with Crippen LogP contribution in [0.2, 0.25) is 0 Å². The summed E-state index contributed by atoms with van der Waals surface area (Å²) in [4.78, 5) is 22.9. The Balaban J connectivity index is 2.64. The van der Waals surface area contributed by atoms with Gasteiger partial charge in [0.2, 0.25) is 0 Å². The van der Waals surface area contributed by atoms with Crippen molar-refractivity contribution in [3.63, 3.8) is 0 Å². The number of pyridine rings is 1. The molecule has 0 fully saturated rings. The molecular weight excluding hydrogens is 238 g/mol. The molecule has 86 valence electrons. The van der Waals surface area contributed by atoms with Crippen LogP contribution in [0.4, 0.5) is 0 Å². The molecule has 0 N–H and O–H groups in total. The van der Waals surface area contributed by atoms with E-state index in [1.54, 1.807) is 13.1 Å². The number of hydrogen-bond acceptors (Lipinski definition) is 2. The van der Waals surface area contributed by atoms with Crippen molar-refractivity contribution in [2.75, 3.05) is 0 Å². The van der Waals surface area contributed by atoms with Gasteiger partial charge in [0, 0.05) is 7.05 Å². The Kier molecular flexibility index (Phi) is 3.11. The van der Waals surface area contributed by atoms with E-state index in [1.807, 2.05) is 30.3 Å². The van der Waals surface area contributed by atoms with Crippen molar-refractivity contribution < 1.29 is 4.79 Å². The summed E-state index contributed by atoms with van der Waals surface area (Å²) in [5.74, 6) is 0. The zero-order valence-electron chi connectivity index (χ0n) is 9.18. The molecule has 0 bridgehead atoms. The van der Waals surface area contributed by atoms with Gasteiger partial charge in [-0.1, -0.05) is 30.3 Å². The second kappa shape index (κ2) is 4.55. The van der Waals surface area contributed by atoms with Gasteiger partial charge in [0.1, 0.15) is 0 Å². The molecule has 3 nitrogen and oxygen atoms in total. The predicted octanol–water partition coefficient (Wildman–Crippen LogP) is 2.43. The van der Waals surface area contributed by atoms with Crippen LogP contribution in [-0.4, -0.2) is 9.81 Å². The van der Waals surface area contributed by atoms with Gasteiger partial charge in [0.15, 0.2) is 0 Å². The number of hydrogen-bond donors (Lipinski definition) is 0. The molecule has 0 aliphatic carbocycles. The first-order valence-corrected chi connectivity index (χ1v) is 5.44. The van der Waals surface area contributed by atoms with Gasteiger partial charge in [-0.05, 0) is 29.3 Å². The molecule has 0 aliphatic heterocycles. The quantitative estimate of drug-likeness (QED) is 0.765. The molecule has 0 atom stereocenters. The molecule has 0 saturated heterocycles. The Hall–Kier alpha value is -1.87. The zero-order chi connectivity index (χ0) is 12.4. The number of nitrogens with zero attached hydrogens (tertiary/aromatic N) is 1. The van der Waals surface area contributed by atoms with E-state index in [0.717, 1.165) is 11.3 Å². The molecule has 1 aromatic carbocycles. The van der Waals surface area contributed by atoms with Crippen molar-refractivity contribution in [1.29, 1.82) is 0 Å². The van der Waals surface area contributed by atoms with Gasteiger partial charge in [0.25, 0.3) is 10.8 Å². The maximum Gasteiger partial charge on any atom is 0.262 e. The number of halogens is 1. The lowest BCUT2D eigenvalue weighted by atomic mass is 10.1. The Morgan fingerprint density at radius 2 is 1.76 bits per heavy atom. The van der Waals surface area contributed by atoms with E-state index < -0.39 is 5.24 Å². The number of benzene rings is 1. The van der Waals surface area contributed by atoms with Crippen molar-refractivity contribution in [1.82, 2.24) is 4.57 Å². The minimum atomic E-state index is -0.731. The van der Waals surface area contributed by atoms with Crippen LogP contribution in [0, 0.1) is 0 Å². The van der Waals surface area contributed by atoms with E-state index in [0.29, 0.717) is 0 Å². The maximum absolute atomic E-state index is 11.9. The summed E-state index contributed by atoms with van der Waals surface area (Å²) in [6, 6.07) is 12.7. The van der Waals surface area contributed by atoms with Crippen LogP contribution in [0.5, 0.6) is 0 Å². The maximum atomic E-state index is 11.9. The number of rotatable bonds is 2. The average Bonchev–Trinajstić information content (AvgIpc) is 2.33. The molecule has 0 amide bonds. The van der Waals surface area contributed by atoms with Crippen LogP contribution >= 0.6 is 11.6 Å². The van der Waals surface area contributed by atoms with Gasteiger partial charge in [-0.15, -0.1) is 0 Å². The first-order chi connectivity index (χ1) is 8.11. The molecule has 0 unspecified atom stereocenters. The van der Waals surface area contributed by atoms with Crippen LogP contribution < -0.4 is 5.56 Å². The monoisotopic (exact) mass is 247 g/mol. The second-order valence-corrected chi connectivity index (χ2v) is 3.98. The third-order valence-corrected chi connectivity index (χ3v) is 2.79. The Morgan fingerprint density at radius 3 is 2.35 bits per heavy atom. The standard InChI is InChI=1S/C13H10ClNO2/c1-15-11(9-5-3-2-4-6-9)8-7-10(12(14)16)13(15)17/h2-8H,1H3. The van der Waals surface area contributed by atoms with Crippen LogP contribution in [0.3, 0.4) is 0 Å². The fraction of sp³-hybridized carbons (Fsp3) is 0.0769. The summed E-state index contributed by atoms with van der Waals surface area (Å²) >= 11 is 5.33. The van der Waals surface area contributed by atoms with E-state index in [4.69, 9.17) is 11.6 Å². The molecule has 0 saturated carbocycles. The zero-order valence-corrected chi connectivity index (χ0v) is 9.94. The largest absolute Gasteiger partial charge is 0.311 e. The van der Waals surface area contributed by atoms with E-state index in [-0.39, 0.29) is 11.1 Å². The highest BCUT2D eigenvalue weighted by Gasteiger charge is 2.11. The molecule has 0 spiro atoms. The van der Waals surface area contributed by atoms with Crippen molar-refractivity contribution >= 4 is 16.8 Å². The predicted molar refractivity (Wildman–Crippen MR) is 67.3 cm³/mol. The molecule has 2 aromatic rings. The van der Waals surface area contributed by atoms with Gasteiger partial charge in [-0.3, -0.25) is 9.59 Å². The van der Waals surface area contributed by atoms with Crippen LogP contribution in [-0.2, 0) is 7.05 Å². The minimum Gasteiger partial charge on any atom is -0.311 e. The highest BCUT2D eigenvalue weighted by molar-refractivity contribution is 6.67. The van der Waals surface area contributed by atoms with E-state index in [2.05, 4.69) is 0 Å². The molecule has 1 aromatic heterocycles. The first-order valence-electron chi connectivity index (χ1n) is 5.06. The smallest absolute Gasteiger partial charge is 0.262 e. The Morgan fingerprint density at radius 1 is 1.12 bits per heavy atom. The van der Waals surface area contributed by atoms with Gasteiger partial charge in [-0.2, -0.15) is 0 Å². The first kappa shape index (κ1) is 11.6. The fourth-order valence-electron chi connectivity index (χ4n) is 1.68. The molecule has 1 heterocycles. The van der Waals surface area contributed by atoms with E-state index >= 15 is 0 Å². The topological polar surface area (TPSA) is 39.1 Å². The normalized spacial score (nSPS) is 10.2. The van der Waals surface area contributed by atoms with Crippen molar-refractivity contribution in [3.8, 4) is 11.3 Å². The number of carbonyl (C=O) groups excluding carboxylic acids is 1. The SMILES string of the molecule is Cn1c(-c2ccccc2)ccc(C(=O)Cl)c1=O. The van der Waals surface area contributed by atoms with Gasteiger partial charge in [-0.25, -0.2) is 0 Å². The van der Waals surface area contributed by atoms with Crippen molar-refractivity contribution in [2.45, 2.75) is 0 Å². The fourth-order valence-corrected chi connectivity index (χ4v) is 1.83. The van der Waals surface area contributed by atoms with Crippen LogP contribution in [0.25, 0.3) is 11.3 Å². The van der Waals surface area contributed by atoms with Gasteiger partial charge < -0.3 is 4.57 Å². The van der Waals surface area contributed by atoms with Gasteiger partial charge in [0.05, 0.1) is 11.3 Å². The highest BCUT2D eigenvalue weighted by atomic mass is 35.5. The molecule has 4 heteroatoms. The van der Waals surface area contributed by atoms with E-state index in [9.17, 15) is 9.59 Å². The summed E-state index contributed by atoms with van der Waals surface area (Å²) in [6.45, 7) is 0. The second-order valence-electron chi connectivity index (χ2n) is 3.64. The summed E-state index contributed by atoms with van der Waals surface area (Å²) in [7, 11) is 1.62. The summed E-state index contributed by atoms with van der Waals surface area (Å²) < 4.78 is 1.42. The highest BCUT2D eigenvalue weighted by Crippen LogP contribution is 2.17. The lowest BCUT2D eigenvalue weighted by Crippen LogP contribution is -2.23. The third-order valence-electron chi connectivity index (χ3n) is 2.59. The average molecular weight is 248 g/mol. The summed E-state index contributed by atoms with van der Waals surface area (Å²) in [5.41, 5.74) is 1.28. The van der Waals surface area contributed by atoms with Crippen LogP contribution in [0.1, 0.15) is 10.4 Å². The minimum absolute atomic E-state index is 0.00570. The Labute approximate surface area is 103 Å². The lowest BCUT2D eigenvalue weighted by Gasteiger charge is -2.08. The molecule has 2 rings (SSSR count). The molecule has 17 heavy (non-hydrogen) atoms. The number of aromatic nitrogens is 1. The molecular formula is C13H10ClNO2. The number of carbonyl (C=O) groups is 1. The lowest BCUT2D eigenvalue weighted by molar-refractivity contribution is 0.107.